The standard InChI is InChI=1S/C18H17N3O5/c22-17(12-26-16-8-6-14(7-9-16)21(24)25)19-13-3-1-4-15(11-13)20-10-2-5-18(20)23/h1,3-4,6-9,11H,2,5,10,12H2,(H,19,22). The highest BCUT2D eigenvalue weighted by atomic mass is 16.6. The number of amides is 2. The average molecular weight is 355 g/mol. The van der Waals surface area contributed by atoms with Gasteiger partial charge >= 0.3 is 0 Å². The van der Waals surface area contributed by atoms with E-state index >= 15 is 0 Å². The van der Waals surface area contributed by atoms with Gasteiger partial charge in [-0.15, -0.1) is 0 Å². The molecule has 2 aromatic carbocycles. The molecule has 1 saturated heterocycles. The van der Waals surface area contributed by atoms with E-state index in [0.29, 0.717) is 24.4 Å². The maximum Gasteiger partial charge on any atom is 0.269 e. The van der Waals surface area contributed by atoms with Gasteiger partial charge in [0.2, 0.25) is 5.91 Å². The van der Waals surface area contributed by atoms with Crippen LogP contribution in [0.25, 0.3) is 0 Å². The molecule has 0 radical (unpaired) electrons. The molecule has 3 rings (SSSR count). The van der Waals surface area contributed by atoms with Crippen molar-refractivity contribution < 1.29 is 19.2 Å². The minimum atomic E-state index is -0.505. The van der Waals surface area contributed by atoms with Crippen molar-refractivity contribution in [1.29, 1.82) is 0 Å². The van der Waals surface area contributed by atoms with Gasteiger partial charge in [-0.1, -0.05) is 6.07 Å². The molecule has 0 aromatic heterocycles. The van der Waals surface area contributed by atoms with E-state index < -0.39 is 4.92 Å². The van der Waals surface area contributed by atoms with Crippen molar-refractivity contribution in [3.63, 3.8) is 0 Å². The third-order valence-corrected chi connectivity index (χ3v) is 3.93. The van der Waals surface area contributed by atoms with Crippen molar-refractivity contribution in [3.05, 3.63) is 58.6 Å². The van der Waals surface area contributed by atoms with E-state index in [2.05, 4.69) is 5.32 Å². The highest BCUT2D eigenvalue weighted by molar-refractivity contribution is 5.97. The van der Waals surface area contributed by atoms with E-state index in [1.54, 1.807) is 23.1 Å². The smallest absolute Gasteiger partial charge is 0.269 e. The van der Waals surface area contributed by atoms with Crippen molar-refractivity contribution in [1.82, 2.24) is 0 Å². The molecular weight excluding hydrogens is 338 g/mol. The number of hydrogen-bond donors (Lipinski definition) is 1. The quantitative estimate of drug-likeness (QED) is 0.634. The van der Waals surface area contributed by atoms with E-state index in [1.165, 1.54) is 24.3 Å². The number of nitro groups is 1. The third kappa shape index (κ3) is 4.15. The fraction of sp³-hybridized carbons (Fsp3) is 0.222. The van der Waals surface area contributed by atoms with E-state index in [4.69, 9.17) is 4.74 Å². The van der Waals surface area contributed by atoms with Gasteiger partial charge in [0.25, 0.3) is 11.6 Å². The topological polar surface area (TPSA) is 102 Å². The molecule has 0 unspecified atom stereocenters. The first-order valence-electron chi connectivity index (χ1n) is 8.10. The molecule has 1 heterocycles. The molecule has 26 heavy (non-hydrogen) atoms. The maximum absolute atomic E-state index is 12.0. The molecule has 8 heteroatoms. The Morgan fingerprint density at radius 2 is 2.00 bits per heavy atom. The summed E-state index contributed by atoms with van der Waals surface area (Å²) in [6.07, 6.45) is 1.37. The van der Waals surface area contributed by atoms with E-state index in [1.807, 2.05) is 6.07 Å². The van der Waals surface area contributed by atoms with Crippen LogP contribution in [0.4, 0.5) is 17.1 Å². The first kappa shape index (κ1) is 17.4. The molecule has 8 nitrogen and oxygen atoms in total. The number of carbonyl (C=O) groups excluding carboxylic acids is 2. The largest absolute Gasteiger partial charge is 0.484 e. The minimum Gasteiger partial charge on any atom is -0.484 e. The fourth-order valence-corrected chi connectivity index (χ4v) is 2.68. The lowest BCUT2D eigenvalue weighted by Gasteiger charge is -2.16. The zero-order chi connectivity index (χ0) is 18.5. The predicted octanol–water partition coefficient (Wildman–Crippen LogP) is 2.74. The summed E-state index contributed by atoms with van der Waals surface area (Å²) in [6, 6.07) is 12.6. The Balaban J connectivity index is 1.56. The summed E-state index contributed by atoms with van der Waals surface area (Å²) in [5.41, 5.74) is 1.27. The number of carbonyl (C=O) groups is 2. The van der Waals surface area contributed by atoms with Crippen molar-refractivity contribution in [3.8, 4) is 5.75 Å². The second-order valence-electron chi connectivity index (χ2n) is 5.79. The Morgan fingerprint density at radius 3 is 2.65 bits per heavy atom. The summed E-state index contributed by atoms with van der Waals surface area (Å²) in [5.74, 6) is 0.0744. The number of nitrogens with zero attached hydrogens (tertiary/aromatic N) is 2. The summed E-state index contributed by atoms with van der Waals surface area (Å²) in [6.45, 7) is 0.449. The molecule has 2 aromatic rings. The normalized spacial score (nSPS) is 13.5. The molecule has 1 aliphatic heterocycles. The van der Waals surface area contributed by atoms with Crippen LogP contribution >= 0.6 is 0 Å². The van der Waals surface area contributed by atoms with E-state index in [-0.39, 0.29) is 24.1 Å². The van der Waals surface area contributed by atoms with Gasteiger partial charge in [-0.2, -0.15) is 0 Å². The van der Waals surface area contributed by atoms with Crippen LogP contribution in [0.15, 0.2) is 48.5 Å². The van der Waals surface area contributed by atoms with Gasteiger partial charge in [-0.3, -0.25) is 19.7 Å². The Labute approximate surface area is 149 Å². The number of non-ortho nitro benzene ring substituents is 1. The number of nitrogens with one attached hydrogen (secondary N) is 1. The molecule has 0 spiro atoms. The van der Waals surface area contributed by atoms with Crippen LogP contribution in [-0.2, 0) is 9.59 Å². The molecule has 1 fully saturated rings. The Bertz CT molecular complexity index is 835. The number of hydrogen-bond acceptors (Lipinski definition) is 5. The van der Waals surface area contributed by atoms with Gasteiger partial charge in [-0.25, -0.2) is 0 Å². The molecule has 1 N–H and O–H groups in total. The summed E-state index contributed by atoms with van der Waals surface area (Å²) in [7, 11) is 0. The van der Waals surface area contributed by atoms with Crippen LogP contribution in [0.5, 0.6) is 5.75 Å². The summed E-state index contributed by atoms with van der Waals surface area (Å²) < 4.78 is 5.32. The summed E-state index contributed by atoms with van der Waals surface area (Å²) in [5, 5.41) is 13.3. The second kappa shape index (κ2) is 7.64. The lowest BCUT2D eigenvalue weighted by Crippen LogP contribution is -2.24. The Hall–Kier alpha value is -3.42. The van der Waals surface area contributed by atoms with Crippen LogP contribution in [0.2, 0.25) is 0 Å². The lowest BCUT2D eigenvalue weighted by atomic mass is 10.2. The zero-order valence-electron chi connectivity index (χ0n) is 13.9. The van der Waals surface area contributed by atoms with Crippen molar-refractivity contribution >= 4 is 28.9 Å². The SMILES string of the molecule is O=C(COc1ccc([N+](=O)[O-])cc1)Nc1cccc(N2CCCC2=O)c1. The zero-order valence-corrected chi connectivity index (χ0v) is 13.9. The number of anilines is 2. The molecule has 2 amide bonds. The minimum absolute atomic E-state index is 0.0462. The van der Waals surface area contributed by atoms with Gasteiger partial charge in [-0.05, 0) is 36.8 Å². The Morgan fingerprint density at radius 1 is 1.23 bits per heavy atom. The third-order valence-electron chi connectivity index (χ3n) is 3.93. The number of ether oxygens (including phenoxy) is 1. The molecule has 0 atom stereocenters. The van der Waals surface area contributed by atoms with Gasteiger partial charge in [0.15, 0.2) is 6.61 Å². The molecule has 134 valence electrons. The fourth-order valence-electron chi connectivity index (χ4n) is 2.68. The van der Waals surface area contributed by atoms with Crippen LogP contribution in [0, 0.1) is 10.1 Å². The Kier molecular flexibility index (Phi) is 5.12. The van der Waals surface area contributed by atoms with Crippen molar-refractivity contribution in [2.75, 3.05) is 23.4 Å². The second-order valence-corrected chi connectivity index (χ2v) is 5.79. The maximum atomic E-state index is 12.0. The lowest BCUT2D eigenvalue weighted by molar-refractivity contribution is -0.384. The van der Waals surface area contributed by atoms with Gasteiger partial charge in [0, 0.05) is 36.5 Å². The van der Waals surface area contributed by atoms with Gasteiger partial charge < -0.3 is 15.0 Å². The number of benzene rings is 2. The number of nitro benzene ring substituents is 1. The summed E-state index contributed by atoms with van der Waals surface area (Å²) >= 11 is 0. The highest BCUT2D eigenvalue weighted by Gasteiger charge is 2.21. The van der Waals surface area contributed by atoms with Crippen LogP contribution in [0.3, 0.4) is 0 Å². The molecule has 0 aliphatic carbocycles. The van der Waals surface area contributed by atoms with Gasteiger partial charge in [0.1, 0.15) is 5.75 Å². The molecular formula is C18H17N3O5. The predicted molar refractivity (Wildman–Crippen MR) is 95.3 cm³/mol. The summed E-state index contributed by atoms with van der Waals surface area (Å²) in [4.78, 5) is 35.6. The number of rotatable bonds is 6. The van der Waals surface area contributed by atoms with E-state index in [9.17, 15) is 19.7 Å². The van der Waals surface area contributed by atoms with Gasteiger partial charge in [0.05, 0.1) is 4.92 Å². The monoisotopic (exact) mass is 355 g/mol. The highest BCUT2D eigenvalue weighted by Crippen LogP contribution is 2.24. The average Bonchev–Trinajstić information content (AvgIpc) is 3.06. The van der Waals surface area contributed by atoms with Crippen molar-refractivity contribution in [2.24, 2.45) is 0 Å². The van der Waals surface area contributed by atoms with Crippen LogP contribution < -0.4 is 15.0 Å². The molecule has 0 saturated carbocycles. The first-order chi connectivity index (χ1) is 12.5. The van der Waals surface area contributed by atoms with Crippen LogP contribution in [0.1, 0.15) is 12.8 Å². The molecule has 0 bridgehead atoms. The van der Waals surface area contributed by atoms with Crippen LogP contribution in [-0.4, -0.2) is 29.9 Å². The molecule has 1 aliphatic rings. The van der Waals surface area contributed by atoms with E-state index in [0.717, 1.165) is 12.1 Å². The van der Waals surface area contributed by atoms with Crippen molar-refractivity contribution in [2.45, 2.75) is 12.8 Å². The first-order valence-corrected chi connectivity index (χ1v) is 8.10.